The monoisotopic (exact) mass is 341 g/mol. The largest absolute Gasteiger partial charge is 0.479 e. The summed E-state index contributed by atoms with van der Waals surface area (Å²) < 4.78 is 19.4. The number of anilines is 1. The molecule has 1 N–H and O–H groups in total. The highest BCUT2D eigenvalue weighted by atomic mass is 35.5. The van der Waals surface area contributed by atoms with E-state index in [1.165, 1.54) is 11.1 Å². The average Bonchev–Trinajstić information content (AvgIpc) is 2.46. The minimum absolute atomic E-state index is 0.0412. The van der Waals surface area contributed by atoms with Crippen LogP contribution in [-0.4, -0.2) is 25.6 Å². The molecule has 116 valence electrons. The van der Waals surface area contributed by atoms with E-state index in [9.17, 15) is 4.39 Å². The third-order valence-electron chi connectivity index (χ3n) is 2.88. The van der Waals surface area contributed by atoms with Gasteiger partial charge in [-0.15, -0.1) is 6.42 Å². The van der Waals surface area contributed by atoms with Crippen LogP contribution in [0.4, 0.5) is 10.1 Å². The van der Waals surface area contributed by atoms with Crippen molar-refractivity contribution in [3.05, 3.63) is 46.1 Å². The summed E-state index contributed by atoms with van der Waals surface area (Å²) >= 11 is 12.1. The fraction of sp³-hybridized carbons (Fsp3) is 0.200. The minimum Gasteiger partial charge on any atom is -0.479 e. The van der Waals surface area contributed by atoms with Crippen molar-refractivity contribution < 1.29 is 9.13 Å². The Morgan fingerprint density at radius 2 is 2.14 bits per heavy atom. The van der Waals surface area contributed by atoms with Crippen molar-refractivity contribution in [3.63, 3.8) is 0 Å². The van der Waals surface area contributed by atoms with Crippen molar-refractivity contribution in [2.75, 3.05) is 25.7 Å². The summed E-state index contributed by atoms with van der Waals surface area (Å²) in [6.45, 7) is 0.0412. The molecule has 4 nitrogen and oxygen atoms in total. The minimum atomic E-state index is -0.520. The van der Waals surface area contributed by atoms with Gasteiger partial charge in [-0.3, -0.25) is 10.4 Å². The zero-order valence-electron chi connectivity index (χ0n) is 12.0. The Balaban J connectivity index is 2.32. The fourth-order valence-corrected chi connectivity index (χ4v) is 2.36. The molecule has 1 aromatic rings. The lowest BCUT2D eigenvalue weighted by molar-refractivity contribution is 0.370. The van der Waals surface area contributed by atoms with E-state index < -0.39 is 5.82 Å². The topological polar surface area (TPSA) is 27.7 Å². The van der Waals surface area contributed by atoms with Crippen LogP contribution in [0.5, 0.6) is 5.75 Å². The van der Waals surface area contributed by atoms with Gasteiger partial charge >= 0.3 is 0 Å². The van der Waals surface area contributed by atoms with Gasteiger partial charge in [-0.2, -0.15) is 0 Å². The zero-order valence-corrected chi connectivity index (χ0v) is 13.5. The van der Waals surface area contributed by atoms with E-state index in [1.807, 2.05) is 19.0 Å². The number of hydrogen-bond donors (Lipinski definition) is 1. The molecule has 22 heavy (non-hydrogen) atoms. The molecular weight excluding hydrogens is 328 g/mol. The van der Waals surface area contributed by atoms with E-state index >= 15 is 0 Å². The van der Waals surface area contributed by atoms with Gasteiger partial charge in [0.1, 0.15) is 18.0 Å². The Hall–Kier alpha value is -2.03. The molecule has 0 fully saturated rings. The van der Waals surface area contributed by atoms with Crippen molar-refractivity contribution >= 4 is 28.9 Å². The average molecular weight is 342 g/mol. The van der Waals surface area contributed by atoms with Crippen LogP contribution in [0.3, 0.4) is 0 Å². The van der Waals surface area contributed by atoms with Crippen LogP contribution in [0, 0.1) is 18.2 Å². The second kappa shape index (κ2) is 6.82. The summed E-state index contributed by atoms with van der Waals surface area (Å²) in [5.74, 6) is 2.11. The van der Waals surface area contributed by atoms with E-state index in [-0.39, 0.29) is 17.3 Å². The third kappa shape index (κ3) is 3.41. The van der Waals surface area contributed by atoms with Gasteiger partial charge in [0.25, 0.3) is 0 Å². The van der Waals surface area contributed by atoms with Crippen LogP contribution in [-0.2, 0) is 0 Å². The van der Waals surface area contributed by atoms with Crippen LogP contribution in [0.1, 0.15) is 0 Å². The summed E-state index contributed by atoms with van der Waals surface area (Å²) in [7, 11) is 3.71. The standard InChI is InChI=1S/C15H14Cl2FN3O/c1-4-5-22-15-7-13(12(18)6-10(15)16)21-9-11(17)14(8-19-21)20(2)3/h1,6-9,19H,5H2,2-3H3. The number of likely N-dealkylation sites (N-methyl/N-ethyl adjacent to an activating group) is 1. The highest BCUT2D eigenvalue weighted by Crippen LogP contribution is 2.33. The van der Waals surface area contributed by atoms with Crippen LogP contribution >= 0.6 is 23.2 Å². The maximum Gasteiger partial charge on any atom is 0.150 e. The molecule has 0 atom stereocenters. The van der Waals surface area contributed by atoms with Gasteiger partial charge < -0.3 is 9.64 Å². The van der Waals surface area contributed by atoms with E-state index in [1.54, 1.807) is 12.4 Å². The summed E-state index contributed by atoms with van der Waals surface area (Å²) in [4.78, 5) is 1.84. The second-order valence-corrected chi connectivity index (χ2v) is 5.44. The summed E-state index contributed by atoms with van der Waals surface area (Å²) in [5.41, 5.74) is 3.92. The van der Waals surface area contributed by atoms with Gasteiger partial charge in [0.15, 0.2) is 5.82 Å². The Kier molecular flexibility index (Phi) is 5.07. The normalized spacial score (nSPS) is 13.7. The number of benzene rings is 1. The maximum absolute atomic E-state index is 14.2. The zero-order chi connectivity index (χ0) is 16.3. The van der Waals surface area contributed by atoms with E-state index in [2.05, 4.69) is 11.3 Å². The Bertz CT molecular complexity index is 680. The molecule has 0 radical (unpaired) electrons. The van der Waals surface area contributed by atoms with Gasteiger partial charge in [-0.25, -0.2) is 4.39 Å². The highest BCUT2D eigenvalue weighted by molar-refractivity contribution is 6.32. The quantitative estimate of drug-likeness (QED) is 0.850. The molecule has 0 aliphatic carbocycles. The predicted octanol–water partition coefficient (Wildman–Crippen LogP) is 3.30. The van der Waals surface area contributed by atoms with Crippen molar-refractivity contribution in [1.82, 2.24) is 10.3 Å². The lowest BCUT2D eigenvalue weighted by Gasteiger charge is -2.29. The molecule has 7 heteroatoms. The summed E-state index contributed by atoms with van der Waals surface area (Å²) in [5, 5.41) is 2.04. The van der Waals surface area contributed by atoms with Gasteiger partial charge in [0, 0.05) is 32.6 Å². The molecule has 1 aliphatic rings. The van der Waals surface area contributed by atoms with Crippen molar-refractivity contribution in [1.29, 1.82) is 0 Å². The smallest absolute Gasteiger partial charge is 0.150 e. The number of halogens is 3. The first-order valence-electron chi connectivity index (χ1n) is 6.30. The van der Waals surface area contributed by atoms with Crippen LogP contribution in [0.2, 0.25) is 5.02 Å². The van der Waals surface area contributed by atoms with Crippen LogP contribution in [0.25, 0.3) is 0 Å². The van der Waals surface area contributed by atoms with Crippen molar-refractivity contribution in [2.24, 2.45) is 0 Å². The number of allylic oxidation sites excluding steroid dienone is 1. The number of rotatable bonds is 4. The Labute approximate surface area is 138 Å². The number of ether oxygens (including phenoxy) is 1. The van der Waals surface area contributed by atoms with Crippen LogP contribution in [0.15, 0.2) is 35.3 Å². The first kappa shape index (κ1) is 16.3. The van der Waals surface area contributed by atoms with E-state index in [4.69, 9.17) is 34.4 Å². The fourth-order valence-electron chi connectivity index (χ4n) is 1.83. The predicted molar refractivity (Wildman–Crippen MR) is 87.1 cm³/mol. The number of terminal acetylenes is 1. The van der Waals surface area contributed by atoms with Gasteiger partial charge in [-0.05, 0) is 6.07 Å². The molecule has 0 unspecified atom stereocenters. The number of hydrazine groups is 1. The summed E-state index contributed by atoms with van der Waals surface area (Å²) in [6, 6.07) is 2.62. The van der Waals surface area contributed by atoms with Crippen molar-refractivity contribution in [3.8, 4) is 18.1 Å². The Morgan fingerprint density at radius 1 is 1.41 bits per heavy atom. The molecule has 0 aromatic heterocycles. The lowest BCUT2D eigenvalue weighted by atomic mass is 10.2. The second-order valence-electron chi connectivity index (χ2n) is 4.63. The maximum atomic E-state index is 14.2. The lowest BCUT2D eigenvalue weighted by Crippen LogP contribution is -2.34. The highest BCUT2D eigenvalue weighted by Gasteiger charge is 2.19. The van der Waals surface area contributed by atoms with E-state index in [0.717, 1.165) is 11.8 Å². The van der Waals surface area contributed by atoms with Gasteiger partial charge in [0.2, 0.25) is 0 Å². The molecule has 0 saturated heterocycles. The van der Waals surface area contributed by atoms with Gasteiger partial charge in [-0.1, -0.05) is 29.1 Å². The van der Waals surface area contributed by atoms with Crippen LogP contribution < -0.4 is 15.2 Å². The number of nitrogens with zero attached hydrogens (tertiary/aromatic N) is 2. The Morgan fingerprint density at radius 3 is 2.73 bits per heavy atom. The summed E-state index contributed by atoms with van der Waals surface area (Å²) in [6.07, 6.45) is 8.37. The SMILES string of the molecule is C#CCOc1cc(N2C=C(Cl)C(N(C)C)=CN2)c(F)cc1Cl. The first-order valence-corrected chi connectivity index (χ1v) is 7.05. The van der Waals surface area contributed by atoms with Gasteiger partial charge in [0.05, 0.1) is 15.8 Å². The molecular formula is C15H14Cl2FN3O. The molecule has 1 aliphatic heterocycles. The van der Waals surface area contributed by atoms with Crippen molar-refractivity contribution in [2.45, 2.75) is 0 Å². The number of nitrogens with one attached hydrogen (secondary N) is 1. The molecule has 0 saturated carbocycles. The molecule has 1 aromatic carbocycles. The first-order chi connectivity index (χ1) is 10.4. The molecule has 0 amide bonds. The molecule has 2 rings (SSSR count). The third-order valence-corrected chi connectivity index (χ3v) is 3.47. The molecule has 0 spiro atoms. The van der Waals surface area contributed by atoms with E-state index in [0.29, 0.717) is 10.8 Å². The molecule has 1 heterocycles. The number of hydrogen-bond acceptors (Lipinski definition) is 4. The molecule has 0 bridgehead atoms.